The second-order valence-corrected chi connectivity index (χ2v) is 4.94. The zero-order valence-electron chi connectivity index (χ0n) is 11.5. The van der Waals surface area contributed by atoms with Crippen molar-refractivity contribution in [1.29, 1.82) is 0 Å². The molecule has 2 N–H and O–H groups in total. The molecule has 0 radical (unpaired) electrons. The molecule has 0 bridgehead atoms. The molecule has 0 heterocycles. The molecule has 0 spiro atoms. The van der Waals surface area contributed by atoms with Crippen molar-refractivity contribution in [3.8, 4) is 0 Å². The molecule has 2 aromatic rings. The Balaban J connectivity index is 1.94. The number of rotatable bonds is 3. The molecule has 2 rings (SSSR count). The van der Waals surface area contributed by atoms with E-state index in [0.29, 0.717) is 17.3 Å². The number of hydrogen-bond acceptors (Lipinski definition) is 2. The zero-order chi connectivity index (χ0) is 15.2. The largest absolute Gasteiger partial charge is 0.344 e. The summed E-state index contributed by atoms with van der Waals surface area (Å²) in [5.74, 6) is -1.39. The molecule has 0 aromatic heterocycles. The van der Waals surface area contributed by atoms with Crippen LogP contribution in [0.2, 0.25) is 5.02 Å². The van der Waals surface area contributed by atoms with Gasteiger partial charge in [0.25, 0.3) is 0 Å². The highest BCUT2D eigenvalue weighted by molar-refractivity contribution is 6.40. The number of carbonyl (C=O) groups is 2. The van der Waals surface area contributed by atoms with Crippen LogP contribution < -0.4 is 10.6 Å². The summed E-state index contributed by atoms with van der Waals surface area (Å²) in [6.45, 7) is 2.08. The third-order valence-electron chi connectivity index (χ3n) is 3.02. The van der Waals surface area contributed by atoms with E-state index < -0.39 is 11.8 Å². The number of nitrogens with one attached hydrogen (secondary N) is 2. The van der Waals surface area contributed by atoms with E-state index in [1.54, 1.807) is 25.1 Å². The standard InChI is InChI=1S/C16H15ClN2O2/c1-11-13(17)8-5-9-14(11)19-16(21)15(20)18-10-12-6-3-2-4-7-12/h2-9H,10H2,1H3,(H,18,20)(H,19,21). The smallest absolute Gasteiger partial charge is 0.313 e. The third-order valence-corrected chi connectivity index (χ3v) is 3.43. The first-order chi connectivity index (χ1) is 10.1. The first-order valence-corrected chi connectivity index (χ1v) is 6.84. The molecule has 2 aromatic carbocycles. The van der Waals surface area contributed by atoms with E-state index in [0.717, 1.165) is 11.1 Å². The van der Waals surface area contributed by atoms with Gasteiger partial charge >= 0.3 is 11.8 Å². The van der Waals surface area contributed by atoms with E-state index in [1.165, 1.54) is 0 Å². The van der Waals surface area contributed by atoms with Crippen LogP contribution in [0.4, 0.5) is 5.69 Å². The van der Waals surface area contributed by atoms with Gasteiger partial charge in [-0.3, -0.25) is 9.59 Å². The fraction of sp³-hybridized carbons (Fsp3) is 0.125. The molecular formula is C16H15ClN2O2. The van der Waals surface area contributed by atoms with E-state index >= 15 is 0 Å². The summed E-state index contributed by atoms with van der Waals surface area (Å²) in [6, 6.07) is 14.5. The van der Waals surface area contributed by atoms with Crippen molar-refractivity contribution in [2.75, 3.05) is 5.32 Å². The first-order valence-electron chi connectivity index (χ1n) is 6.46. The normalized spacial score (nSPS) is 10.0. The van der Waals surface area contributed by atoms with Crippen molar-refractivity contribution in [3.63, 3.8) is 0 Å². The molecule has 0 aliphatic carbocycles. The van der Waals surface area contributed by atoms with Crippen LogP contribution in [0.1, 0.15) is 11.1 Å². The van der Waals surface area contributed by atoms with E-state index in [2.05, 4.69) is 10.6 Å². The predicted octanol–water partition coefficient (Wildman–Crippen LogP) is 2.90. The maximum absolute atomic E-state index is 11.8. The van der Waals surface area contributed by atoms with Crippen LogP contribution in [0.25, 0.3) is 0 Å². The van der Waals surface area contributed by atoms with E-state index in [1.807, 2.05) is 30.3 Å². The van der Waals surface area contributed by atoms with Crippen LogP contribution >= 0.6 is 11.6 Å². The topological polar surface area (TPSA) is 58.2 Å². The Morgan fingerprint density at radius 2 is 1.71 bits per heavy atom. The Kier molecular flexibility index (Phi) is 4.95. The van der Waals surface area contributed by atoms with Gasteiger partial charge in [-0.25, -0.2) is 0 Å². The third kappa shape index (κ3) is 4.07. The van der Waals surface area contributed by atoms with Gasteiger partial charge in [-0.15, -0.1) is 0 Å². The molecule has 0 aliphatic rings. The summed E-state index contributed by atoms with van der Waals surface area (Å²) in [5, 5.41) is 5.66. The Morgan fingerprint density at radius 1 is 1.00 bits per heavy atom. The molecule has 21 heavy (non-hydrogen) atoms. The minimum absolute atomic E-state index is 0.307. The van der Waals surface area contributed by atoms with Gasteiger partial charge < -0.3 is 10.6 Å². The van der Waals surface area contributed by atoms with Crippen LogP contribution in [0.3, 0.4) is 0 Å². The van der Waals surface area contributed by atoms with E-state index in [9.17, 15) is 9.59 Å². The van der Waals surface area contributed by atoms with Crippen molar-refractivity contribution in [2.24, 2.45) is 0 Å². The van der Waals surface area contributed by atoms with Gasteiger partial charge in [0.1, 0.15) is 0 Å². The number of amides is 2. The summed E-state index contributed by atoms with van der Waals surface area (Å²) < 4.78 is 0. The molecule has 2 amide bonds. The lowest BCUT2D eigenvalue weighted by atomic mass is 10.2. The Hall–Kier alpha value is -2.33. The van der Waals surface area contributed by atoms with Crippen LogP contribution in [0, 0.1) is 6.92 Å². The molecule has 0 fully saturated rings. The van der Waals surface area contributed by atoms with Gasteiger partial charge in [0.05, 0.1) is 0 Å². The molecule has 0 unspecified atom stereocenters. The van der Waals surface area contributed by atoms with Crippen LogP contribution in [0.5, 0.6) is 0 Å². The number of carbonyl (C=O) groups excluding carboxylic acids is 2. The number of anilines is 1. The van der Waals surface area contributed by atoms with Gasteiger partial charge in [0.15, 0.2) is 0 Å². The van der Waals surface area contributed by atoms with Crippen LogP contribution in [-0.4, -0.2) is 11.8 Å². The highest BCUT2D eigenvalue weighted by Gasteiger charge is 2.14. The monoisotopic (exact) mass is 302 g/mol. The SMILES string of the molecule is Cc1c(Cl)cccc1NC(=O)C(=O)NCc1ccccc1. The van der Waals surface area contributed by atoms with Gasteiger partial charge in [-0.1, -0.05) is 48.0 Å². The molecule has 0 saturated heterocycles. The Morgan fingerprint density at radius 3 is 2.43 bits per heavy atom. The van der Waals surface area contributed by atoms with Crippen molar-refractivity contribution in [1.82, 2.24) is 5.32 Å². The highest BCUT2D eigenvalue weighted by Crippen LogP contribution is 2.22. The molecule has 5 heteroatoms. The molecular weight excluding hydrogens is 288 g/mol. The minimum atomic E-state index is -0.712. The predicted molar refractivity (Wildman–Crippen MR) is 83.1 cm³/mol. The van der Waals surface area contributed by atoms with Crippen molar-refractivity contribution in [2.45, 2.75) is 13.5 Å². The second kappa shape index (κ2) is 6.90. The maximum atomic E-state index is 11.8. The van der Waals surface area contributed by atoms with Crippen molar-refractivity contribution >= 4 is 29.1 Å². The van der Waals surface area contributed by atoms with Crippen LogP contribution in [-0.2, 0) is 16.1 Å². The van der Waals surface area contributed by atoms with Crippen molar-refractivity contribution in [3.05, 3.63) is 64.7 Å². The summed E-state index contributed by atoms with van der Waals surface area (Å²) in [6.07, 6.45) is 0. The van der Waals surface area contributed by atoms with Crippen LogP contribution in [0.15, 0.2) is 48.5 Å². The Labute approximate surface area is 128 Å². The molecule has 4 nitrogen and oxygen atoms in total. The lowest BCUT2D eigenvalue weighted by Crippen LogP contribution is -2.35. The van der Waals surface area contributed by atoms with E-state index in [-0.39, 0.29) is 0 Å². The number of hydrogen-bond donors (Lipinski definition) is 2. The minimum Gasteiger partial charge on any atom is -0.344 e. The Bertz CT molecular complexity index is 657. The zero-order valence-corrected chi connectivity index (χ0v) is 12.3. The molecule has 0 saturated carbocycles. The summed E-state index contributed by atoms with van der Waals surface area (Å²) in [4.78, 5) is 23.6. The summed E-state index contributed by atoms with van der Waals surface area (Å²) in [5.41, 5.74) is 2.18. The molecule has 108 valence electrons. The quantitative estimate of drug-likeness (QED) is 0.857. The lowest BCUT2D eigenvalue weighted by Gasteiger charge is -2.09. The molecule has 0 atom stereocenters. The highest BCUT2D eigenvalue weighted by atomic mass is 35.5. The first kappa shape index (κ1) is 15.1. The van der Waals surface area contributed by atoms with Crippen molar-refractivity contribution < 1.29 is 9.59 Å². The number of halogens is 1. The average Bonchev–Trinajstić information content (AvgIpc) is 2.50. The van der Waals surface area contributed by atoms with E-state index in [4.69, 9.17) is 11.6 Å². The van der Waals surface area contributed by atoms with Gasteiger partial charge in [0.2, 0.25) is 0 Å². The maximum Gasteiger partial charge on any atom is 0.313 e. The lowest BCUT2D eigenvalue weighted by molar-refractivity contribution is -0.136. The number of benzene rings is 2. The van der Waals surface area contributed by atoms with Gasteiger partial charge in [-0.2, -0.15) is 0 Å². The fourth-order valence-corrected chi connectivity index (χ4v) is 1.95. The summed E-state index contributed by atoms with van der Waals surface area (Å²) in [7, 11) is 0. The second-order valence-electron chi connectivity index (χ2n) is 4.53. The van der Waals surface area contributed by atoms with Gasteiger partial charge in [0, 0.05) is 17.3 Å². The fourth-order valence-electron chi connectivity index (χ4n) is 1.78. The summed E-state index contributed by atoms with van der Waals surface area (Å²) >= 11 is 5.97. The molecule has 0 aliphatic heterocycles. The van der Waals surface area contributed by atoms with Gasteiger partial charge in [-0.05, 0) is 30.2 Å². The average molecular weight is 303 g/mol.